The number of nitrogens with one attached hydrogen (secondary N) is 2. The molecule has 0 bridgehead atoms. The lowest BCUT2D eigenvalue weighted by Crippen LogP contribution is -2.35. The van der Waals surface area contributed by atoms with Crippen molar-refractivity contribution in [2.75, 3.05) is 11.9 Å². The van der Waals surface area contributed by atoms with E-state index >= 15 is 0 Å². The number of rotatable bonds is 5. The predicted octanol–water partition coefficient (Wildman–Crippen LogP) is 3.83. The van der Waals surface area contributed by atoms with Gasteiger partial charge in [-0.1, -0.05) is 44.2 Å². The molecule has 8 heteroatoms. The highest BCUT2D eigenvalue weighted by Gasteiger charge is 2.42. The minimum absolute atomic E-state index is 0.0208. The number of carboxylic acid groups (broad SMARTS) is 1. The number of ether oxygens (including phenoxy) is 1. The summed E-state index contributed by atoms with van der Waals surface area (Å²) < 4.78 is 6.75. The molecule has 1 unspecified atom stereocenters. The maximum Gasteiger partial charge on any atom is 0.341 e. The first-order valence-corrected chi connectivity index (χ1v) is 11.1. The Kier molecular flexibility index (Phi) is 5.16. The number of ketones is 1. The lowest BCUT2D eigenvalue weighted by atomic mass is 9.69. The number of hydrogen-bond acceptors (Lipinski definition) is 5. The highest BCUT2D eigenvalue weighted by molar-refractivity contribution is 6.01. The van der Waals surface area contributed by atoms with Gasteiger partial charge in [-0.05, 0) is 41.7 Å². The number of H-pyrrole nitrogens is 1. The number of carbonyl (C=O) groups is 2. The highest BCUT2D eigenvalue weighted by Crippen LogP contribution is 2.47. The monoisotopic (exact) mass is 459 g/mol. The number of allylic oxidation sites excluding steroid dienone is 2. The van der Waals surface area contributed by atoms with Gasteiger partial charge in [0.25, 0.3) is 5.56 Å². The largest absolute Gasteiger partial charge is 0.482 e. The second-order valence-electron chi connectivity index (χ2n) is 9.52. The van der Waals surface area contributed by atoms with E-state index in [0.717, 1.165) is 11.3 Å². The van der Waals surface area contributed by atoms with Crippen molar-refractivity contribution in [2.45, 2.75) is 32.6 Å². The molecule has 1 aliphatic heterocycles. The van der Waals surface area contributed by atoms with Crippen LogP contribution in [0.1, 0.15) is 43.7 Å². The van der Waals surface area contributed by atoms with Gasteiger partial charge in [0.15, 0.2) is 12.4 Å². The van der Waals surface area contributed by atoms with Gasteiger partial charge in [-0.25, -0.2) is 9.48 Å². The van der Waals surface area contributed by atoms with Gasteiger partial charge in [-0.15, -0.1) is 0 Å². The third-order valence-electron chi connectivity index (χ3n) is 6.29. The molecule has 34 heavy (non-hydrogen) atoms. The molecule has 0 spiro atoms. The lowest BCUT2D eigenvalue weighted by molar-refractivity contribution is -0.139. The highest BCUT2D eigenvalue weighted by atomic mass is 16.5. The SMILES string of the molecule is CC1(C)CC(=O)C2=C(C1)Nc1[nH]n(-c3ccccc3)c(=O)c1C2c1ccc(OCC(=O)O)cc1. The summed E-state index contributed by atoms with van der Waals surface area (Å²) in [5.41, 5.74) is 2.96. The molecule has 2 aromatic carbocycles. The Labute approximate surface area is 195 Å². The predicted molar refractivity (Wildman–Crippen MR) is 126 cm³/mol. The van der Waals surface area contributed by atoms with Crippen molar-refractivity contribution in [3.8, 4) is 11.4 Å². The fraction of sp³-hybridized carbons (Fsp3) is 0.269. The Balaban J connectivity index is 1.64. The van der Waals surface area contributed by atoms with E-state index in [1.165, 1.54) is 4.68 Å². The number of Topliss-reactive ketones (excluding diaryl/α,β-unsaturated/α-hetero) is 1. The van der Waals surface area contributed by atoms with Gasteiger partial charge in [0.1, 0.15) is 11.6 Å². The van der Waals surface area contributed by atoms with Crippen molar-refractivity contribution >= 4 is 17.6 Å². The van der Waals surface area contributed by atoms with Gasteiger partial charge in [0, 0.05) is 23.6 Å². The van der Waals surface area contributed by atoms with Crippen LogP contribution < -0.4 is 15.6 Å². The summed E-state index contributed by atoms with van der Waals surface area (Å²) in [4.78, 5) is 37.8. The molecule has 3 N–H and O–H groups in total. The van der Waals surface area contributed by atoms with Gasteiger partial charge in [0.05, 0.1) is 11.3 Å². The molecular weight excluding hydrogens is 434 g/mol. The van der Waals surface area contributed by atoms with E-state index in [9.17, 15) is 14.4 Å². The molecule has 3 aromatic rings. The molecule has 0 amide bonds. The normalized spacial score (nSPS) is 18.6. The minimum atomic E-state index is -1.06. The summed E-state index contributed by atoms with van der Waals surface area (Å²) in [6.45, 7) is 3.68. The van der Waals surface area contributed by atoms with Crippen LogP contribution in [0.25, 0.3) is 5.69 Å². The van der Waals surface area contributed by atoms with E-state index in [1.54, 1.807) is 24.3 Å². The zero-order valence-electron chi connectivity index (χ0n) is 18.9. The molecule has 0 saturated carbocycles. The Bertz CT molecular complexity index is 1360. The maximum absolute atomic E-state index is 13.6. The summed E-state index contributed by atoms with van der Waals surface area (Å²) in [7, 11) is 0. The maximum atomic E-state index is 13.6. The van der Waals surface area contributed by atoms with E-state index in [-0.39, 0.29) is 16.8 Å². The van der Waals surface area contributed by atoms with Crippen LogP contribution in [-0.4, -0.2) is 33.2 Å². The Morgan fingerprint density at radius 3 is 2.47 bits per heavy atom. The summed E-state index contributed by atoms with van der Waals surface area (Å²) in [5.74, 6) is -0.605. The first-order chi connectivity index (χ1) is 16.2. The average Bonchev–Trinajstić information content (AvgIpc) is 3.12. The molecule has 1 aliphatic carbocycles. The zero-order chi connectivity index (χ0) is 24.0. The Hall–Kier alpha value is -4.07. The number of nitrogens with zero attached hydrogens (tertiary/aromatic N) is 1. The standard InChI is InChI=1S/C26H25N3O5/c1-26(2)12-18-22(19(30)13-26)21(15-8-10-17(11-9-15)34-14-20(31)32)23-24(27-18)28-29(25(23)33)16-6-4-3-5-7-16/h3-11,21,27-28H,12-14H2,1-2H3,(H,31,32). The molecule has 0 radical (unpaired) electrons. The van der Waals surface area contributed by atoms with Crippen LogP contribution in [0.3, 0.4) is 0 Å². The second-order valence-corrected chi connectivity index (χ2v) is 9.52. The average molecular weight is 460 g/mol. The number of benzene rings is 2. The molecule has 1 atom stereocenters. The fourth-order valence-electron chi connectivity index (χ4n) is 4.88. The van der Waals surface area contributed by atoms with E-state index in [2.05, 4.69) is 24.3 Å². The van der Waals surface area contributed by atoms with E-state index in [4.69, 9.17) is 9.84 Å². The number of para-hydroxylation sites is 1. The molecule has 1 aromatic heterocycles. The first-order valence-electron chi connectivity index (χ1n) is 11.1. The number of aromatic nitrogens is 2. The number of aliphatic carboxylic acids is 1. The smallest absolute Gasteiger partial charge is 0.341 e. The number of carbonyl (C=O) groups excluding carboxylic acids is 1. The molecule has 2 heterocycles. The van der Waals surface area contributed by atoms with Crippen LogP contribution in [0.5, 0.6) is 5.75 Å². The summed E-state index contributed by atoms with van der Waals surface area (Å²) in [5, 5.41) is 15.4. The zero-order valence-corrected chi connectivity index (χ0v) is 18.9. The van der Waals surface area contributed by atoms with Gasteiger partial charge < -0.3 is 15.2 Å². The molecule has 8 nitrogen and oxygen atoms in total. The van der Waals surface area contributed by atoms with Crippen molar-refractivity contribution in [1.29, 1.82) is 0 Å². The van der Waals surface area contributed by atoms with E-state index in [0.29, 0.717) is 41.2 Å². The van der Waals surface area contributed by atoms with Crippen molar-refractivity contribution in [3.05, 3.63) is 87.3 Å². The topological polar surface area (TPSA) is 113 Å². The number of fused-ring (bicyclic) bond motifs is 1. The fourth-order valence-corrected chi connectivity index (χ4v) is 4.88. The third-order valence-corrected chi connectivity index (χ3v) is 6.29. The summed E-state index contributed by atoms with van der Waals surface area (Å²) in [6.07, 6.45) is 1.08. The van der Waals surface area contributed by atoms with Crippen molar-refractivity contribution in [2.24, 2.45) is 5.41 Å². The van der Waals surface area contributed by atoms with E-state index < -0.39 is 18.5 Å². The molecule has 5 rings (SSSR count). The summed E-state index contributed by atoms with van der Waals surface area (Å²) in [6, 6.07) is 16.2. The van der Waals surface area contributed by atoms with E-state index in [1.807, 2.05) is 30.3 Å². The number of anilines is 1. The Morgan fingerprint density at radius 1 is 1.09 bits per heavy atom. The number of carboxylic acids is 1. The number of hydrogen-bond donors (Lipinski definition) is 3. The van der Waals surface area contributed by atoms with Crippen LogP contribution in [0, 0.1) is 5.41 Å². The van der Waals surface area contributed by atoms with Gasteiger partial charge in [-0.2, -0.15) is 0 Å². The van der Waals surface area contributed by atoms with Crippen molar-refractivity contribution in [3.63, 3.8) is 0 Å². The third kappa shape index (κ3) is 3.81. The minimum Gasteiger partial charge on any atom is -0.482 e. The second kappa shape index (κ2) is 8.06. The van der Waals surface area contributed by atoms with Gasteiger partial charge in [-0.3, -0.25) is 14.7 Å². The molecule has 0 saturated heterocycles. The molecule has 0 fully saturated rings. The van der Waals surface area contributed by atoms with Crippen molar-refractivity contribution < 1.29 is 19.4 Å². The van der Waals surface area contributed by atoms with Crippen LogP contribution in [-0.2, 0) is 9.59 Å². The number of aromatic amines is 1. The first kappa shape index (κ1) is 21.8. The van der Waals surface area contributed by atoms with Crippen molar-refractivity contribution in [1.82, 2.24) is 9.78 Å². The lowest BCUT2D eigenvalue weighted by Gasteiger charge is -2.37. The van der Waals surface area contributed by atoms with Crippen LogP contribution in [0.4, 0.5) is 5.82 Å². The van der Waals surface area contributed by atoms with Crippen LogP contribution in [0.15, 0.2) is 70.7 Å². The Morgan fingerprint density at radius 2 is 1.79 bits per heavy atom. The molecule has 174 valence electrons. The van der Waals surface area contributed by atoms with Crippen LogP contribution in [0.2, 0.25) is 0 Å². The van der Waals surface area contributed by atoms with Gasteiger partial charge >= 0.3 is 5.97 Å². The summed E-state index contributed by atoms with van der Waals surface area (Å²) >= 11 is 0. The molecular formula is C26H25N3O5. The van der Waals surface area contributed by atoms with Crippen LogP contribution >= 0.6 is 0 Å². The molecule has 2 aliphatic rings. The quantitative estimate of drug-likeness (QED) is 0.534. The van der Waals surface area contributed by atoms with Gasteiger partial charge in [0.2, 0.25) is 0 Å².